The summed E-state index contributed by atoms with van der Waals surface area (Å²) < 4.78 is 60.4. The van der Waals surface area contributed by atoms with Gasteiger partial charge in [0.25, 0.3) is 0 Å². The number of ketones is 1. The number of ether oxygens (including phenoxy) is 1. The molecule has 4 saturated heterocycles. The molecule has 1 aromatic heterocycles. The van der Waals surface area contributed by atoms with Gasteiger partial charge >= 0.3 is 0 Å². The lowest BCUT2D eigenvalue weighted by Crippen LogP contribution is -2.57. The lowest BCUT2D eigenvalue weighted by atomic mass is 9.71. The summed E-state index contributed by atoms with van der Waals surface area (Å²) in [7, 11) is -8.07. The fourth-order valence-corrected chi connectivity index (χ4v) is 20.3. The fraction of sp³-hybridized carbons (Fsp3) is 0.524. The average molecular weight is 1590 g/mol. The number of benzene rings is 5. The van der Waals surface area contributed by atoms with Gasteiger partial charge in [-0.15, -0.1) is 23.1 Å². The number of aromatic nitrogens is 1. The highest BCUT2D eigenvalue weighted by molar-refractivity contribution is 7.99. The second-order valence-electron chi connectivity index (χ2n) is 32.0. The van der Waals surface area contributed by atoms with Crippen LogP contribution < -0.4 is 15.5 Å². The van der Waals surface area contributed by atoms with E-state index in [1.165, 1.54) is 33.7 Å². The molecule has 588 valence electrons. The van der Waals surface area contributed by atoms with Gasteiger partial charge in [0, 0.05) is 138 Å². The zero-order valence-corrected chi connectivity index (χ0v) is 68.4. The molecular formula is C84H110ClN9O11S4. The van der Waals surface area contributed by atoms with E-state index in [0.29, 0.717) is 56.2 Å². The number of nitrogens with one attached hydrogen (secondary N) is 2. The number of aliphatic hydroxyl groups is 1. The normalized spacial score (nSPS) is 20.2. The Morgan fingerprint density at radius 2 is 1.45 bits per heavy atom. The van der Waals surface area contributed by atoms with Crippen molar-refractivity contribution in [2.45, 2.75) is 158 Å². The van der Waals surface area contributed by atoms with Crippen molar-refractivity contribution in [1.29, 1.82) is 0 Å². The molecule has 6 atom stereocenters. The Morgan fingerprint density at radius 1 is 0.780 bits per heavy atom. The minimum atomic E-state index is -4.22. The second kappa shape index (κ2) is 37.7. The Hall–Kier alpha value is -6.84. The smallest absolute Gasteiger partial charge is 0.246 e. The molecule has 0 radical (unpaired) electrons. The van der Waals surface area contributed by atoms with Gasteiger partial charge < -0.3 is 35.2 Å². The maximum Gasteiger partial charge on any atom is 0.246 e. The molecule has 3 N–H and O–H groups in total. The Labute approximate surface area is 659 Å². The molecule has 6 aromatic rings. The first-order chi connectivity index (χ1) is 52.0. The van der Waals surface area contributed by atoms with Crippen LogP contribution >= 0.6 is 34.7 Å². The number of anilines is 1. The monoisotopic (exact) mass is 1580 g/mol. The molecule has 1 aliphatic carbocycles. The number of unbranched alkanes of at least 4 members (excludes halogenated alkanes) is 3. The number of aryl methyl sites for hydroxylation is 1. The van der Waals surface area contributed by atoms with Crippen LogP contribution in [0.25, 0.3) is 16.0 Å². The number of nitrogens with zero attached hydrogens (tertiary/aromatic N) is 7. The van der Waals surface area contributed by atoms with Crippen LogP contribution in [0.4, 0.5) is 5.69 Å². The summed E-state index contributed by atoms with van der Waals surface area (Å²) >= 11 is 9.72. The molecule has 5 aliphatic rings. The van der Waals surface area contributed by atoms with Crippen molar-refractivity contribution in [2.24, 2.45) is 16.7 Å². The molecule has 4 fully saturated rings. The fourth-order valence-electron chi connectivity index (χ4n) is 16.0. The third-order valence-electron chi connectivity index (χ3n) is 22.3. The van der Waals surface area contributed by atoms with Crippen LogP contribution in [0, 0.1) is 23.7 Å². The van der Waals surface area contributed by atoms with Gasteiger partial charge in [-0.2, -0.15) is 0 Å². The molecule has 20 nitrogen and oxygen atoms in total. The molecule has 109 heavy (non-hydrogen) atoms. The molecule has 5 aromatic carbocycles. The molecule has 4 aliphatic heterocycles. The summed E-state index contributed by atoms with van der Waals surface area (Å²) in [6.07, 6.45) is 8.06. The van der Waals surface area contributed by atoms with Crippen molar-refractivity contribution in [3.8, 4) is 10.4 Å². The summed E-state index contributed by atoms with van der Waals surface area (Å²) in [4.78, 5) is 88.6. The summed E-state index contributed by atoms with van der Waals surface area (Å²) in [6, 6.07) is 35.5. The lowest BCUT2D eigenvalue weighted by molar-refractivity contribution is -0.144. The van der Waals surface area contributed by atoms with Crippen molar-refractivity contribution in [1.82, 2.24) is 40.1 Å². The first-order valence-electron chi connectivity index (χ1n) is 38.7. The Kier molecular flexibility index (Phi) is 28.7. The minimum absolute atomic E-state index is 0.00695. The number of thioether (sulfide) groups is 1. The molecule has 11 rings (SSSR count). The van der Waals surface area contributed by atoms with Crippen LogP contribution in [-0.2, 0) is 50.0 Å². The molecule has 0 bridgehead atoms. The number of amides is 4. The van der Waals surface area contributed by atoms with Crippen LogP contribution in [0.5, 0.6) is 0 Å². The number of carbonyl (C=O) groups excluding carboxylic acids is 5. The predicted octanol–water partition coefficient (Wildman–Crippen LogP) is 12.1. The molecule has 0 spiro atoms. The summed E-state index contributed by atoms with van der Waals surface area (Å²) in [5.74, 6) is -1.36. The molecule has 5 heterocycles. The number of likely N-dealkylation sites (tertiary alicyclic amines) is 1. The van der Waals surface area contributed by atoms with Gasteiger partial charge in [0.15, 0.2) is 25.5 Å². The standard InChI is InChI=1S/C84H110ClN9O11S4/c1-59(62-19-21-65(22-20-62)79-60(2)86-58-107-79)87-81(99)74-50-70(95)54-94(74)82(100)80(83(3,4)5)88-77(97)17-13-8-9-14-18-78(98)93-43-39-91(40-44-93)57-84(6)35-33-73(63-23-28-68(85)29-24-63)67(52-84)53-90-37-41-92(42-38-90)69-30-25-64(26-31-69)75(96)56-109(103,104)72-32-27-66(76(51-72)108(7,101)102)49-61(34-36-89-45-47-105-48-46-89)55-106-71-15-11-10-12-16-71/h10-12,15-16,19-32,51,58-59,61,70,74,80,95H,8-9,13-14,17-18,33-50,52-57H2,1-7H3,(H,87,99)(H,88,97)/t59-,61-,70+,74-,80+,84-/m0/s1. The van der Waals surface area contributed by atoms with Gasteiger partial charge in [-0.25, -0.2) is 21.8 Å². The van der Waals surface area contributed by atoms with E-state index >= 15 is 0 Å². The van der Waals surface area contributed by atoms with Crippen LogP contribution in [-0.4, -0.2) is 222 Å². The van der Waals surface area contributed by atoms with Gasteiger partial charge in [0.2, 0.25) is 23.6 Å². The highest BCUT2D eigenvalue weighted by atomic mass is 35.5. The maximum atomic E-state index is 14.3. The SMILES string of the molecule is Cc1ncsc1-c1ccc([C@H](C)NC(=O)[C@@H]2C[C@@H](O)CN2C(=O)[C@@H](NC(=O)CCCCCCC(=O)N2CCN(C[C@@]3(C)CCC(c4ccc(Cl)cc4)=C(CN4CCN(c5ccc(C(=O)CS(=O)(=O)c6ccc(C[C@H](CCN7CCOCC7)CSc7ccccc7)c(S(C)(=O)=O)c6)cc5)CC4)C3)CC2)C(C)(C)C)cc1. The van der Waals surface area contributed by atoms with E-state index in [1.54, 1.807) is 41.3 Å². The number of β-amino-alcohol motifs (C(OH)–C–C–N with tert-alkyl or cyclic N) is 1. The summed E-state index contributed by atoms with van der Waals surface area (Å²) in [5.41, 5.74) is 9.86. The number of sulfone groups is 2. The van der Waals surface area contributed by atoms with E-state index in [1.807, 2.05) is 112 Å². The van der Waals surface area contributed by atoms with Crippen molar-refractivity contribution < 1.29 is 50.7 Å². The number of hydrogen-bond donors (Lipinski definition) is 3. The third kappa shape index (κ3) is 23.0. The third-order valence-corrected chi connectivity index (χ3v) is 27.6. The van der Waals surface area contributed by atoms with E-state index in [-0.39, 0.29) is 69.8 Å². The first kappa shape index (κ1) is 83.1. The van der Waals surface area contributed by atoms with Crippen LogP contribution in [0.1, 0.15) is 144 Å². The van der Waals surface area contributed by atoms with Gasteiger partial charge in [0.05, 0.1) is 51.2 Å². The van der Waals surface area contributed by atoms with Crippen molar-refractivity contribution in [3.05, 3.63) is 165 Å². The molecule has 0 saturated carbocycles. The zero-order chi connectivity index (χ0) is 77.6. The lowest BCUT2D eigenvalue weighted by Gasteiger charge is -2.44. The quantitative estimate of drug-likeness (QED) is 0.0202. The summed E-state index contributed by atoms with van der Waals surface area (Å²) in [6.45, 7) is 23.7. The molecule has 4 amide bonds. The Bertz CT molecular complexity index is 4370. The number of halogens is 1. The summed E-state index contributed by atoms with van der Waals surface area (Å²) in [5, 5.41) is 17.5. The van der Waals surface area contributed by atoms with Gasteiger partial charge in [-0.05, 0) is 171 Å². The second-order valence-corrected chi connectivity index (χ2v) is 38.4. The van der Waals surface area contributed by atoms with Gasteiger partial charge in [-0.1, -0.05) is 118 Å². The number of allylic oxidation sites excluding steroid dienone is 1. The average Bonchev–Trinajstić information content (AvgIpc) is 1.73. The van der Waals surface area contributed by atoms with E-state index in [9.17, 15) is 45.9 Å². The Morgan fingerprint density at radius 3 is 2.11 bits per heavy atom. The Balaban J connectivity index is 0.609. The zero-order valence-electron chi connectivity index (χ0n) is 64.4. The van der Waals surface area contributed by atoms with Gasteiger partial charge in [-0.3, -0.25) is 38.7 Å². The van der Waals surface area contributed by atoms with E-state index < -0.39 is 60.7 Å². The first-order valence-corrected chi connectivity index (χ1v) is 44.5. The number of aliphatic hydroxyl groups excluding tert-OH is 1. The van der Waals surface area contributed by atoms with Crippen LogP contribution in [0.15, 0.2) is 147 Å². The number of morpholine rings is 1. The highest BCUT2D eigenvalue weighted by Crippen LogP contribution is 2.45. The van der Waals surface area contributed by atoms with Crippen molar-refractivity contribution >= 4 is 95.0 Å². The van der Waals surface area contributed by atoms with Crippen molar-refractivity contribution in [2.75, 3.05) is 128 Å². The van der Waals surface area contributed by atoms with E-state index in [2.05, 4.69) is 66.4 Å². The van der Waals surface area contributed by atoms with E-state index in [0.717, 1.165) is 161 Å². The number of carbonyl (C=O) groups is 5. The maximum absolute atomic E-state index is 14.3. The number of thiazole rings is 1. The largest absolute Gasteiger partial charge is 0.391 e. The minimum Gasteiger partial charge on any atom is -0.391 e. The predicted molar refractivity (Wildman–Crippen MR) is 435 cm³/mol. The van der Waals surface area contributed by atoms with Crippen LogP contribution in [0.2, 0.25) is 5.02 Å². The number of hydrogen-bond acceptors (Lipinski definition) is 18. The van der Waals surface area contributed by atoms with Gasteiger partial charge in [0.1, 0.15) is 17.8 Å². The number of piperazine rings is 2. The topological polar surface area (TPSA) is 239 Å². The van der Waals surface area contributed by atoms with E-state index in [4.69, 9.17) is 16.3 Å². The molecule has 25 heteroatoms. The molecular weight excluding hydrogens is 1470 g/mol. The van der Waals surface area contributed by atoms with Crippen LogP contribution in [0.3, 0.4) is 0 Å². The molecule has 0 unspecified atom stereocenters. The highest BCUT2D eigenvalue weighted by Gasteiger charge is 2.45. The van der Waals surface area contributed by atoms with Crippen molar-refractivity contribution in [3.63, 3.8) is 0 Å². The number of rotatable bonds is 32. The number of Topliss-reactive ketones (excluding diaryl/α,β-unsaturated/α-hetero) is 1.